The highest BCUT2D eigenvalue weighted by molar-refractivity contribution is 5.92. The fraction of sp³-hybridized carbons (Fsp3) is 0.571. The Kier molecular flexibility index (Phi) is 4.37. The second-order valence-electron chi connectivity index (χ2n) is 5.26. The number of anilines is 1. The minimum Gasteiger partial charge on any atom is -0.373 e. The molecule has 1 atom stereocenters. The summed E-state index contributed by atoms with van der Waals surface area (Å²) in [5.74, 6) is 1.29. The van der Waals surface area contributed by atoms with Crippen LogP contribution in [0.25, 0.3) is 0 Å². The molecule has 0 aromatic carbocycles. The zero-order chi connectivity index (χ0) is 13.8. The second kappa shape index (κ2) is 6.02. The number of nitrogens with zero attached hydrogens (tertiary/aromatic N) is 3. The van der Waals surface area contributed by atoms with Gasteiger partial charge in [-0.15, -0.1) is 0 Å². The Morgan fingerprint density at radius 1 is 1.58 bits per heavy atom. The number of rotatable bonds is 4. The average Bonchev–Trinajstić information content (AvgIpc) is 2.83. The van der Waals surface area contributed by atoms with Gasteiger partial charge in [0.15, 0.2) is 0 Å². The highest BCUT2D eigenvalue weighted by Crippen LogP contribution is 2.16. The lowest BCUT2D eigenvalue weighted by Crippen LogP contribution is -2.33. The summed E-state index contributed by atoms with van der Waals surface area (Å²) < 4.78 is 0. The van der Waals surface area contributed by atoms with E-state index in [1.54, 1.807) is 18.0 Å². The lowest BCUT2D eigenvalue weighted by atomic mass is 10.1. The van der Waals surface area contributed by atoms with Gasteiger partial charge in [0, 0.05) is 27.2 Å². The van der Waals surface area contributed by atoms with E-state index >= 15 is 0 Å². The van der Waals surface area contributed by atoms with E-state index in [9.17, 15) is 4.79 Å². The van der Waals surface area contributed by atoms with Gasteiger partial charge >= 0.3 is 0 Å². The number of likely N-dealkylation sites (tertiary alicyclic amines) is 1. The molecule has 19 heavy (non-hydrogen) atoms. The molecule has 1 aliphatic rings. The molecule has 1 aromatic rings. The van der Waals surface area contributed by atoms with Crippen molar-refractivity contribution in [2.45, 2.75) is 6.42 Å². The maximum Gasteiger partial charge on any atom is 0.272 e. The van der Waals surface area contributed by atoms with Crippen LogP contribution in [0.5, 0.6) is 0 Å². The van der Waals surface area contributed by atoms with Crippen LogP contribution in [0.1, 0.15) is 16.9 Å². The number of hydrogen-bond donors (Lipinski definition) is 1. The summed E-state index contributed by atoms with van der Waals surface area (Å²) in [4.78, 5) is 20.7. The largest absolute Gasteiger partial charge is 0.373 e. The maximum absolute atomic E-state index is 12.3. The molecule has 1 unspecified atom stereocenters. The third-order valence-electron chi connectivity index (χ3n) is 3.59. The first-order valence-corrected chi connectivity index (χ1v) is 6.69. The van der Waals surface area contributed by atoms with Crippen LogP contribution in [0.3, 0.4) is 0 Å². The fourth-order valence-corrected chi connectivity index (χ4v) is 2.53. The first-order chi connectivity index (χ1) is 9.10. The van der Waals surface area contributed by atoms with E-state index in [-0.39, 0.29) is 5.91 Å². The molecule has 1 N–H and O–H groups in total. The summed E-state index contributed by atoms with van der Waals surface area (Å²) in [6.45, 7) is 3.00. The summed E-state index contributed by atoms with van der Waals surface area (Å²) in [6, 6.07) is 5.46. The summed E-state index contributed by atoms with van der Waals surface area (Å²) in [5, 5.41) is 2.95. The Hall–Kier alpha value is -1.62. The summed E-state index contributed by atoms with van der Waals surface area (Å²) in [5.41, 5.74) is 0.501. The van der Waals surface area contributed by atoms with Crippen LogP contribution in [-0.4, -0.2) is 61.5 Å². The smallest absolute Gasteiger partial charge is 0.272 e. The quantitative estimate of drug-likeness (QED) is 0.884. The van der Waals surface area contributed by atoms with E-state index in [0.29, 0.717) is 11.6 Å². The summed E-state index contributed by atoms with van der Waals surface area (Å²) in [7, 11) is 5.78. The van der Waals surface area contributed by atoms with E-state index in [1.165, 1.54) is 0 Å². The van der Waals surface area contributed by atoms with Crippen molar-refractivity contribution in [2.75, 3.05) is 46.1 Å². The molecule has 2 heterocycles. The van der Waals surface area contributed by atoms with Gasteiger partial charge in [-0.05, 0) is 38.1 Å². The average molecular weight is 262 g/mol. The molecule has 0 spiro atoms. The zero-order valence-corrected chi connectivity index (χ0v) is 11.9. The fourth-order valence-electron chi connectivity index (χ4n) is 2.53. The van der Waals surface area contributed by atoms with Crippen LogP contribution in [-0.2, 0) is 0 Å². The van der Waals surface area contributed by atoms with E-state index in [4.69, 9.17) is 0 Å². The van der Waals surface area contributed by atoms with Crippen LogP contribution in [0, 0.1) is 5.92 Å². The van der Waals surface area contributed by atoms with Crippen molar-refractivity contribution in [1.29, 1.82) is 0 Å². The molecule has 5 heteroatoms. The first-order valence-electron chi connectivity index (χ1n) is 6.69. The molecule has 2 rings (SSSR count). The molecule has 0 saturated carbocycles. The SMILES string of the molecule is CNc1cccc(C(=O)N(C)CC2CCN(C)C2)n1. The van der Waals surface area contributed by atoms with Gasteiger partial charge in [0.2, 0.25) is 0 Å². The van der Waals surface area contributed by atoms with Crippen LogP contribution >= 0.6 is 0 Å². The van der Waals surface area contributed by atoms with E-state index in [0.717, 1.165) is 31.9 Å². The van der Waals surface area contributed by atoms with Gasteiger partial charge in [0.1, 0.15) is 11.5 Å². The Bertz CT molecular complexity index is 449. The van der Waals surface area contributed by atoms with Crippen LogP contribution in [0.15, 0.2) is 18.2 Å². The van der Waals surface area contributed by atoms with Crippen molar-refractivity contribution in [2.24, 2.45) is 5.92 Å². The monoisotopic (exact) mass is 262 g/mol. The van der Waals surface area contributed by atoms with E-state index in [1.807, 2.05) is 19.2 Å². The van der Waals surface area contributed by atoms with Gasteiger partial charge in [0.05, 0.1) is 0 Å². The third kappa shape index (κ3) is 3.44. The van der Waals surface area contributed by atoms with Gasteiger partial charge in [-0.1, -0.05) is 6.07 Å². The third-order valence-corrected chi connectivity index (χ3v) is 3.59. The predicted molar refractivity (Wildman–Crippen MR) is 76.3 cm³/mol. The van der Waals surface area contributed by atoms with Crippen molar-refractivity contribution < 1.29 is 4.79 Å². The van der Waals surface area contributed by atoms with Crippen molar-refractivity contribution in [1.82, 2.24) is 14.8 Å². The highest BCUT2D eigenvalue weighted by Gasteiger charge is 2.23. The van der Waals surface area contributed by atoms with Crippen molar-refractivity contribution >= 4 is 11.7 Å². The molecule has 5 nitrogen and oxygen atoms in total. The molecular formula is C14H22N4O. The van der Waals surface area contributed by atoms with E-state index in [2.05, 4.69) is 22.2 Å². The number of aromatic nitrogens is 1. The molecule has 104 valence electrons. The lowest BCUT2D eigenvalue weighted by Gasteiger charge is -2.21. The molecule has 1 fully saturated rings. The predicted octanol–water partition coefficient (Wildman–Crippen LogP) is 1.15. The summed E-state index contributed by atoms with van der Waals surface area (Å²) in [6.07, 6.45) is 1.16. The number of nitrogens with one attached hydrogen (secondary N) is 1. The molecule has 0 bridgehead atoms. The topological polar surface area (TPSA) is 48.5 Å². The number of hydrogen-bond acceptors (Lipinski definition) is 4. The van der Waals surface area contributed by atoms with Crippen molar-refractivity contribution in [3.63, 3.8) is 0 Å². The minimum absolute atomic E-state index is 0.00773. The second-order valence-corrected chi connectivity index (χ2v) is 5.26. The Morgan fingerprint density at radius 2 is 2.37 bits per heavy atom. The molecule has 1 amide bonds. The van der Waals surface area contributed by atoms with Crippen molar-refractivity contribution in [3.05, 3.63) is 23.9 Å². The number of pyridine rings is 1. The normalized spacial score (nSPS) is 19.4. The Balaban J connectivity index is 1.98. The molecule has 1 aliphatic heterocycles. The Labute approximate surface area is 114 Å². The molecular weight excluding hydrogens is 240 g/mol. The van der Waals surface area contributed by atoms with Gasteiger partial charge in [-0.25, -0.2) is 4.98 Å². The zero-order valence-electron chi connectivity index (χ0n) is 11.9. The van der Waals surface area contributed by atoms with Crippen LogP contribution in [0.2, 0.25) is 0 Å². The standard InChI is InChI=1S/C14H22N4O/c1-15-13-6-4-5-12(16-13)14(19)18(3)10-11-7-8-17(2)9-11/h4-6,11H,7-10H2,1-3H3,(H,15,16). The van der Waals surface area contributed by atoms with Gasteiger partial charge in [-0.2, -0.15) is 0 Å². The van der Waals surface area contributed by atoms with E-state index < -0.39 is 0 Å². The highest BCUT2D eigenvalue weighted by atomic mass is 16.2. The van der Waals surface area contributed by atoms with Gasteiger partial charge in [-0.3, -0.25) is 4.79 Å². The van der Waals surface area contributed by atoms with Gasteiger partial charge < -0.3 is 15.1 Å². The Morgan fingerprint density at radius 3 is 3.00 bits per heavy atom. The number of carbonyl (C=O) groups excluding carboxylic acids is 1. The van der Waals surface area contributed by atoms with Crippen LogP contribution in [0.4, 0.5) is 5.82 Å². The van der Waals surface area contributed by atoms with Gasteiger partial charge in [0.25, 0.3) is 5.91 Å². The molecule has 1 aromatic heterocycles. The summed E-state index contributed by atoms with van der Waals surface area (Å²) >= 11 is 0. The minimum atomic E-state index is -0.00773. The number of amides is 1. The molecule has 0 radical (unpaired) electrons. The van der Waals surface area contributed by atoms with Crippen molar-refractivity contribution in [3.8, 4) is 0 Å². The molecule has 1 saturated heterocycles. The first kappa shape index (κ1) is 13.8. The number of carbonyl (C=O) groups is 1. The molecule has 0 aliphatic carbocycles. The van der Waals surface area contributed by atoms with Crippen LogP contribution < -0.4 is 5.32 Å². The lowest BCUT2D eigenvalue weighted by molar-refractivity contribution is 0.0768. The maximum atomic E-state index is 12.3.